The van der Waals surface area contributed by atoms with Crippen LogP contribution in [0, 0.1) is 17.3 Å². The fourth-order valence-electron chi connectivity index (χ4n) is 2.58. The highest BCUT2D eigenvalue weighted by Gasteiger charge is 2.33. The maximum Gasteiger partial charge on any atom is 0.225 e. The van der Waals surface area contributed by atoms with Crippen molar-refractivity contribution in [2.45, 2.75) is 40.3 Å². The molecule has 2 rings (SSSR count). The lowest BCUT2D eigenvalue weighted by atomic mass is 9.85. The maximum absolute atomic E-state index is 12.5. The van der Waals surface area contributed by atoms with E-state index < -0.39 is 0 Å². The summed E-state index contributed by atoms with van der Waals surface area (Å²) < 4.78 is 2.02. The number of hydrogen-bond acceptors (Lipinski definition) is 3. The van der Waals surface area contributed by atoms with E-state index in [2.05, 4.69) is 43.3 Å². The van der Waals surface area contributed by atoms with Crippen LogP contribution >= 0.6 is 0 Å². The molecule has 1 aliphatic heterocycles. The van der Waals surface area contributed by atoms with Crippen molar-refractivity contribution in [2.75, 3.05) is 13.1 Å². The molecule has 3 atom stereocenters. The molecule has 2 heterocycles. The fraction of sp³-hybridized carbons (Fsp3) is 0.733. The lowest BCUT2D eigenvalue weighted by molar-refractivity contribution is -0.127. The molecule has 5 nitrogen and oxygen atoms in total. The molecule has 0 saturated carbocycles. The highest BCUT2D eigenvalue weighted by molar-refractivity contribution is 5.80. The van der Waals surface area contributed by atoms with Crippen molar-refractivity contribution in [3.63, 3.8) is 0 Å². The van der Waals surface area contributed by atoms with Gasteiger partial charge in [0, 0.05) is 25.5 Å². The van der Waals surface area contributed by atoms with Gasteiger partial charge in [-0.1, -0.05) is 27.7 Å². The largest absolute Gasteiger partial charge is 0.351 e. The average Bonchev–Trinajstić information content (AvgIpc) is 2.98. The van der Waals surface area contributed by atoms with Gasteiger partial charge in [0.05, 0.1) is 18.3 Å². The molecule has 5 heteroatoms. The van der Waals surface area contributed by atoms with E-state index in [0.717, 1.165) is 19.6 Å². The van der Waals surface area contributed by atoms with Crippen LogP contribution in [0.3, 0.4) is 0 Å². The molecule has 0 aliphatic carbocycles. The summed E-state index contributed by atoms with van der Waals surface area (Å²) in [6.07, 6.45) is 5.50. The third-order valence-electron chi connectivity index (χ3n) is 4.17. The van der Waals surface area contributed by atoms with Crippen LogP contribution in [-0.4, -0.2) is 34.6 Å². The maximum atomic E-state index is 12.5. The Morgan fingerprint density at radius 2 is 2.25 bits per heavy atom. The number of nitrogens with zero attached hydrogens (tertiary/aromatic N) is 2. The van der Waals surface area contributed by atoms with E-state index in [4.69, 9.17) is 0 Å². The van der Waals surface area contributed by atoms with Gasteiger partial charge in [-0.05, 0) is 17.9 Å². The molecule has 1 saturated heterocycles. The number of carbonyl (C=O) groups is 1. The molecule has 1 aromatic rings. The molecule has 2 N–H and O–H groups in total. The van der Waals surface area contributed by atoms with Gasteiger partial charge in [-0.3, -0.25) is 4.79 Å². The molecule has 0 aromatic carbocycles. The number of amides is 1. The Bertz CT molecular complexity index is 435. The van der Waals surface area contributed by atoms with Gasteiger partial charge in [0.1, 0.15) is 0 Å². The predicted octanol–water partition coefficient (Wildman–Crippen LogP) is 1.27. The molecule has 1 fully saturated rings. The van der Waals surface area contributed by atoms with Gasteiger partial charge in [-0.2, -0.15) is 0 Å². The smallest absolute Gasteiger partial charge is 0.225 e. The Kier molecular flexibility index (Phi) is 4.48. The molecule has 0 bridgehead atoms. The van der Waals surface area contributed by atoms with Crippen LogP contribution in [0.25, 0.3) is 0 Å². The number of nitrogens with one attached hydrogen (secondary N) is 2. The number of carbonyl (C=O) groups excluding carboxylic acids is 1. The number of hydrogen-bond donors (Lipinski definition) is 2. The minimum absolute atomic E-state index is 0.00913. The quantitative estimate of drug-likeness (QED) is 0.872. The van der Waals surface area contributed by atoms with Gasteiger partial charge < -0.3 is 15.2 Å². The summed E-state index contributed by atoms with van der Waals surface area (Å²) in [4.78, 5) is 16.5. The van der Waals surface area contributed by atoms with Crippen LogP contribution in [0.5, 0.6) is 0 Å². The van der Waals surface area contributed by atoms with E-state index in [9.17, 15) is 4.79 Å². The van der Waals surface area contributed by atoms with Gasteiger partial charge >= 0.3 is 0 Å². The summed E-state index contributed by atoms with van der Waals surface area (Å²) in [7, 11) is 0. The Labute approximate surface area is 121 Å². The van der Waals surface area contributed by atoms with Crippen molar-refractivity contribution in [2.24, 2.45) is 17.3 Å². The molecule has 0 radical (unpaired) electrons. The summed E-state index contributed by atoms with van der Waals surface area (Å²) in [5.74, 6) is 0.661. The van der Waals surface area contributed by atoms with Crippen LogP contribution in [0.15, 0.2) is 18.7 Å². The van der Waals surface area contributed by atoms with Crippen molar-refractivity contribution >= 4 is 5.91 Å². The van der Waals surface area contributed by atoms with Gasteiger partial charge in [0.25, 0.3) is 0 Å². The van der Waals surface area contributed by atoms with Gasteiger partial charge in [-0.25, -0.2) is 4.98 Å². The highest BCUT2D eigenvalue weighted by Crippen LogP contribution is 2.23. The summed E-state index contributed by atoms with van der Waals surface area (Å²) in [6.45, 7) is 11.1. The second kappa shape index (κ2) is 5.95. The van der Waals surface area contributed by atoms with Crippen LogP contribution in [-0.2, 0) is 11.3 Å². The molecule has 112 valence electrons. The third kappa shape index (κ3) is 3.60. The molecule has 3 unspecified atom stereocenters. The van der Waals surface area contributed by atoms with Crippen molar-refractivity contribution in [1.82, 2.24) is 20.2 Å². The zero-order valence-corrected chi connectivity index (χ0v) is 12.9. The minimum Gasteiger partial charge on any atom is -0.351 e. The zero-order valence-electron chi connectivity index (χ0n) is 12.9. The first kappa shape index (κ1) is 15.0. The topological polar surface area (TPSA) is 59.0 Å². The first-order chi connectivity index (χ1) is 9.38. The standard InChI is InChI=1S/C15H26N4O/c1-11-7-17-8-12(11)14(20)18-13(15(2,3)4)9-19-6-5-16-10-19/h5-6,10-13,17H,7-9H2,1-4H3,(H,18,20). The first-order valence-corrected chi connectivity index (χ1v) is 7.35. The average molecular weight is 278 g/mol. The lowest BCUT2D eigenvalue weighted by Gasteiger charge is -2.33. The molecular weight excluding hydrogens is 252 g/mol. The molecule has 1 aromatic heterocycles. The molecular formula is C15H26N4O. The second-order valence-corrected chi connectivity index (χ2v) is 6.93. The normalized spacial score (nSPS) is 24.6. The highest BCUT2D eigenvalue weighted by atomic mass is 16.2. The van der Waals surface area contributed by atoms with E-state index in [0.29, 0.717) is 5.92 Å². The number of aromatic nitrogens is 2. The van der Waals surface area contributed by atoms with E-state index >= 15 is 0 Å². The summed E-state index contributed by atoms with van der Waals surface area (Å²) in [6, 6.07) is 0.0944. The molecule has 20 heavy (non-hydrogen) atoms. The van der Waals surface area contributed by atoms with Crippen LogP contribution in [0.1, 0.15) is 27.7 Å². The number of rotatable bonds is 4. The van der Waals surface area contributed by atoms with Gasteiger partial charge in [-0.15, -0.1) is 0 Å². The third-order valence-corrected chi connectivity index (χ3v) is 4.17. The minimum atomic E-state index is 0.00913. The van der Waals surface area contributed by atoms with Crippen molar-refractivity contribution in [3.8, 4) is 0 Å². The summed E-state index contributed by atoms with van der Waals surface area (Å²) in [5.41, 5.74) is 0.00913. The summed E-state index contributed by atoms with van der Waals surface area (Å²) in [5, 5.41) is 6.52. The lowest BCUT2D eigenvalue weighted by Crippen LogP contribution is -2.49. The molecule has 1 aliphatic rings. The van der Waals surface area contributed by atoms with Crippen molar-refractivity contribution in [3.05, 3.63) is 18.7 Å². The van der Waals surface area contributed by atoms with Crippen LogP contribution < -0.4 is 10.6 Å². The second-order valence-electron chi connectivity index (χ2n) is 6.93. The van der Waals surface area contributed by atoms with Crippen LogP contribution in [0.4, 0.5) is 0 Å². The monoisotopic (exact) mass is 278 g/mol. The SMILES string of the molecule is CC1CNCC1C(=O)NC(Cn1ccnc1)C(C)(C)C. The summed E-state index contributed by atoms with van der Waals surface area (Å²) >= 11 is 0. The molecule has 1 amide bonds. The van der Waals surface area contributed by atoms with Crippen LogP contribution in [0.2, 0.25) is 0 Å². The van der Waals surface area contributed by atoms with E-state index in [1.54, 1.807) is 12.5 Å². The van der Waals surface area contributed by atoms with E-state index in [-0.39, 0.29) is 23.3 Å². The Morgan fingerprint density at radius 3 is 2.75 bits per heavy atom. The van der Waals surface area contributed by atoms with E-state index in [1.165, 1.54) is 0 Å². The van der Waals surface area contributed by atoms with Gasteiger partial charge in [0.15, 0.2) is 0 Å². The molecule has 0 spiro atoms. The van der Waals surface area contributed by atoms with E-state index in [1.807, 2.05) is 10.8 Å². The Balaban J connectivity index is 2.02. The first-order valence-electron chi connectivity index (χ1n) is 7.35. The fourth-order valence-corrected chi connectivity index (χ4v) is 2.58. The van der Waals surface area contributed by atoms with Crippen molar-refractivity contribution < 1.29 is 4.79 Å². The van der Waals surface area contributed by atoms with Crippen molar-refractivity contribution in [1.29, 1.82) is 0 Å². The predicted molar refractivity (Wildman–Crippen MR) is 79.1 cm³/mol. The number of imidazole rings is 1. The Morgan fingerprint density at radius 1 is 1.50 bits per heavy atom. The zero-order chi connectivity index (χ0) is 14.8. The van der Waals surface area contributed by atoms with Gasteiger partial charge in [0.2, 0.25) is 5.91 Å². The Hall–Kier alpha value is -1.36.